The average Bonchev–Trinajstić information content (AvgIpc) is 2.15. The topological polar surface area (TPSA) is 35.5 Å². The van der Waals surface area contributed by atoms with E-state index < -0.39 is 5.97 Å². The Hall–Kier alpha value is -1.35. The van der Waals surface area contributed by atoms with Crippen LogP contribution < -0.4 is 0 Å². The van der Waals surface area contributed by atoms with Gasteiger partial charge < -0.3 is 0 Å². The van der Waals surface area contributed by atoms with Gasteiger partial charge in [0.1, 0.15) is 0 Å². The Morgan fingerprint density at radius 3 is 2.69 bits per heavy atom. The van der Waals surface area contributed by atoms with Crippen molar-refractivity contribution in [2.45, 2.75) is 13.8 Å². The SMILES string of the molecule is CCOOC(=O)c1ccccc1C. The Morgan fingerprint density at radius 1 is 1.38 bits per heavy atom. The maximum absolute atomic E-state index is 11.3. The van der Waals surface area contributed by atoms with Crippen molar-refractivity contribution >= 4 is 5.97 Å². The van der Waals surface area contributed by atoms with Crippen LogP contribution in [0, 0.1) is 6.92 Å². The number of carbonyl (C=O) groups excluding carboxylic acids is 1. The second-order valence-electron chi connectivity index (χ2n) is 2.59. The molecule has 0 aliphatic heterocycles. The van der Waals surface area contributed by atoms with E-state index >= 15 is 0 Å². The summed E-state index contributed by atoms with van der Waals surface area (Å²) in [5.41, 5.74) is 1.42. The summed E-state index contributed by atoms with van der Waals surface area (Å²) in [7, 11) is 0. The van der Waals surface area contributed by atoms with Gasteiger partial charge >= 0.3 is 5.97 Å². The molecule has 0 spiro atoms. The minimum atomic E-state index is -0.444. The maximum atomic E-state index is 11.3. The molecule has 0 N–H and O–H groups in total. The van der Waals surface area contributed by atoms with Crippen LogP contribution in [0.15, 0.2) is 24.3 Å². The summed E-state index contributed by atoms with van der Waals surface area (Å²) < 4.78 is 0. The Labute approximate surface area is 77.2 Å². The van der Waals surface area contributed by atoms with Crippen molar-refractivity contribution in [3.05, 3.63) is 35.4 Å². The summed E-state index contributed by atoms with van der Waals surface area (Å²) in [6.45, 7) is 3.96. The van der Waals surface area contributed by atoms with E-state index in [1.54, 1.807) is 19.1 Å². The normalized spacial score (nSPS) is 9.69. The van der Waals surface area contributed by atoms with Crippen LogP contribution in [-0.2, 0) is 9.78 Å². The molecule has 13 heavy (non-hydrogen) atoms. The molecule has 0 bridgehead atoms. The molecule has 3 nitrogen and oxygen atoms in total. The maximum Gasteiger partial charge on any atom is 0.373 e. The minimum Gasteiger partial charge on any atom is -0.293 e. The Balaban J connectivity index is 2.71. The van der Waals surface area contributed by atoms with E-state index in [9.17, 15) is 4.79 Å². The molecule has 0 heterocycles. The predicted octanol–water partition coefficient (Wildman–Crippen LogP) is 2.10. The predicted molar refractivity (Wildman–Crippen MR) is 48.2 cm³/mol. The lowest BCUT2D eigenvalue weighted by atomic mass is 10.1. The zero-order valence-electron chi connectivity index (χ0n) is 7.74. The Bertz CT molecular complexity index is 294. The first-order chi connectivity index (χ1) is 6.25. The third kappa shape index (κ3) is 2.56. The summed E-state index contributed by atoms with van der Waals surface area (Å²) in [4.78, 5) is 20.4. The summed E-state index contributed by atoms with van der Waals surface area (Å²) >= 11 is 0. The molecule has 1 aromatic rings. The van der Waals surface area contributed by atoms with E-state index in [2.05, 4.69) is 9.78 Å². The molecule has 0 amide bonds. The van der Waals surface area contributed by atoms with Gasteiger partial charge in [-0.05, 0) is 25.5 Å². The zero-order valence-corrected chi connectivity index (χ0v) is 7.74. The van der Waals surface area contributed by atoms with Gasteiger partial charge in [-0.1, -0.05) is 18.2 Å². The van der Waals surface area contributed by atoms with Gasteiger partial charge in [-0.2, -0.15) is 4.89 Å². The van der Waals surface area contributed by atoms with Crippen molar-refractivity contribution in [3.8, 4) is 0 Å². The van der Waals surface area contributed by atoms with Crippen LogP contribution in [0.25, 0.3) is 0 Å². The number of hydrogen-bond acceptors (Lipinski definition) is 3. The highest BCUT2D eigenvalue weighted by Crippen LogP contribution is 2.08. The van der Waals surface area contributed by atoms with E-state index in [4.69, 9.17) is 0 Å². The highest BCUT2D eigenvalue weighted by Gasteiger charge is 2.09. The van der Waals surface area contributed by atoms with Crippen molar-refractivity contribution in [1.82, 2.24) is 0 Å². The van der Waals surface area contributed by atoms with Crippen molar-refractivity contribution in [2.75, 3.05) is 6.61 Å². The van der Waals surface area contributed by atoms with Crippen molar-refractivity contribution in [3.63, 3.8) is 0 Å². The van der Waals surface area contributed by atoms with Crippen LogP contribution >= 0.6 is 0 Å². The third-order valence-electron chi connectivity index (χ3n) is 1.62. The van der Waals surface area contributed by atoms with Crippen LogP contribution in [0.1, 0.15) is 22.8 Å². The van der Waals surface area contributed by atoms with Gasteiger partial charge in [-0.15, -0.1) is 0 Å². The van der Waals surface area contributed by atoms with Gasteiger partial charge in [0.2, 0.25) is 0 Å². The second-order valence-corrected chi connectivity index (χ2v) is 2.59. The molecule has 0 saturated heterocycles. The van der Waals surface area contributed by atoms with Crippen molar-refractivity contribution < 1.29 is 14.6 Å². The average molecular weight is 180 g/mol. The minimum absolute atomic E-state index is 0.359. The fourth-order valence-corrected chi connectivity index (χ4v) is 0.959. The second kappa shape index (κ2) is 4.62. The molecule has 0 saturated carbocycles. The van der Waals surface area contributed by atoms with Gasteiger partial charge in [0.05, 0.1) is 12.2 Å². The molecule has 0 unspecified atom stereocenters. The van der Waals surface area contributed by atoms with Gasteiger partial charge in [-0.3, -0.25) is 4.89 Å². The molecule has 0 fully saturated rings. The quantitative estimate of drug-likeness (QED) is 0.528. The number of carbonyl (C=O) groups is 1. The standard InChI is InChI=1S/C10H12O3/c1-3-12-13-10(11)9-7-5-4-6-8(9)2/h4-7H,3H2,1-2H3. The van der Waals surface area contributed by atoms with Crippen LogP contribution in [0.2, 0.25) is 0 Å². The molecular weight excluding hydrogens is 168 g/mol. The summed E-state index contributed by atoms with van der Waals surface area (Å²) in [5.74, 6) is -0.444. The molecule has 1 aromatic carbocycles. The third-order valence-corrected chi connectivity index (χ3v) is 1.62. The first kappa shape index (κ1) is 9.74. The van der Waals surface area contributed by atoms with E-state index in [-0.39, 0.29) is 0 Å². The highest BCUT2D eigenvalue weighted by atomic mass is 17.2. The van der Waals surface area contributed by atoms with Crippen molar-refractivity contribution in [2.24, 2.45) is 0 Å². The first-order valence-electron chi connectivity index (χ1n) is 4.15. The summed E-state index contributed by atoms with van der Waals surface area (Å²) in [6, 6.07) is 7.21. The number of aryl methyl sites for hydroxylation is 1. The fraction of sp³-hybridized carbons (Fsp3) is 0.300. The molecule has 0 aliphatic rings. The van der Waals surface area contributed by atoms with Gasteiger partial charge in [0.25, 0.3) is 0 Å². The van der Waals surface area contributed by atoms with Crippen LogP contribution in [0.3, 0.4) is 0 Å². The van der Waals surface area contributed by atoms with E-state index in [1.807, 2.05) is 19.1 Å². The lowest BCUT2D eigenvalue weighted by Gasteiger charge is -2.03. The Morgan fingerprint density at radius 2 is 2.08 bits per heavy atom. The van der Waals surface area contributed by atoms with Gasteiger partial charge in [-0.25, -0.2) is 4.79 Å². The van der Waals surface area contributed by atoms with Crippen LogP contribution in [0.4, 0.5) is 0 Å². The molecule has 1 rings (SSSR count). The lowest BCUT2D eigenvalue weighted by molar-refractivity contribution is -0.236. The molecule has 0 aromatic heterocycles. The molecule has 0 aliphatic carbocycles. The number of benzene rings is 1. The van der Waals surface area contributed by atoms with E-state index in [1.165, 1.54) is 0 Å². The number of hydrogen-bond donors (Lipinski definition) is 0. The van der Waals surface area contributed by atoms with Crippen LogP contribution in [-0.4, -0.2) is 12.6 Å². The molecule has 3 heteroatoms. The number of rotatable bonds is 3. The van der Waals surface area contributed by atoms with E-state index in [0.29, 0.717) is 12.2 Å². The molecular formula is C10H12O3. The smallest absolute Gasteiger partial charge is 0.293 e. The lowest BCUT2D eigenvalue weighted by Crippen LogP contribution is -2.07. The van der Waals surface area contributed by atoms with Gasteiger partial charge in [0.15, 0.2) is 0 Å². The van der Waals surface area contributed by atoms with Crippen molar-refractivity contribution in [1.29, 1.82) is 0 Å². The van der Waals surface area contributed by atoms with Gasteiger partial charge in [0, 0.05) is 0 Å². The zero-order chi connectivity index (χ0) is 9.68. The summed E-state index contributed by atoms with van der Waals surface area (Å²) in [6.07, 6.45) is 0. The summed E-state index contributed by atoms with van der Waals surface area (Å²) in [5, 5.41) is 0. The van der Waals surface area contributed by atoms with Crippen LogP contribution in [0.5, 0.6) is 0 Å². The molecule has 70 valence electrons. The largest absolute Gasteiger partial charge is 0.373 e. The first-order valence-corrected chi connectivity index (χ1v) is 4.15. The molecule has 0 radical (unpaired) electrons. The Kier molecular flexibility index (Phi) is 3.46. The highest BCUT2D eigenvalue weighted by molar-refractivity contribution is 5.90. The van der Waals surface area contributed by atoms with E-state index in [0.717, 1.165) is 5.56 Å². The fourth-order valence-electron chi connectivity index (χ4n) is 0.959. The monoisotopic (exact) mass is 180 g/mol. The molecule has 0 atom stereocenters.